The van der Waals surface area contributed by atoms with Crippen LogP contribution in [-0.2, 0) is 13.0 Å². The maximum Gasteiger partial charge on any atom is 0.0834 e. The Morgan fingerprint density at radius 1 is 1.32 bits per heavy atom. The van der Waals surface area contributed by atoms with Gasteiger partial charge in [0.15, 0.2) is 0 Å². The van der Waals surface area contributed by atoms with Crippen molar-refractivity contribution in [3.63, 3.8) is 0 Å². The van der Waals surface area contributed by atoms with Gasteiger partial charge in [-0.15, -0.1) is 0 Å². The van der Waals surface area contributed by atoms with E-state index in [4.69, 9.17) is 17.3 Å². The van der Waals surface area contributed by atoms with Crippen molar-refractivity contribution in [2.24, 2.45) is 5.73 Å². The highest BCUT2D eigenvalue weighted by Gasteiger charge is 2.15. The molecule has 1 aromatic heterocycles. The molecule has 0 saturated heterocycles. The molecule has 0 saturated carbocycles. The van der Waals surface area contributed by atoms with Gasteiger partial charge in [0.2, 0.25) is 0 Å². The van der Waals surface area contributed by atoms with Crippen molar-refractivity contribution in [2.75, 3.05) is 0 Å². The van der Waals surface area contributed by atoms with Gasteiger partial charge in [-0.2, -0.15) is 5.10 Å². The summed E-state index contributed by atoms with van der Waals surface area (Å²) in [6.07, 6.45) is 4.70. The lowest BCUT2D eigenvalue weighted by Crippen LogP contribution is -2.16. The summed E-state index contributed by atoms with van der Waals surface area (Å²) < 4.78 is 1.88. The van der Waals surface area contributed by atoms with Crippen LogP contribution in [0.5, 0.6) is 0 Å². The van der Waals surface area contributed by atoms with Gasteiger partial charge in [0, 0.05) is 12.6 Å². The van der Waals surface area contributed by atoms with Gasteiger partial charge in [0.1, 0.15) is 0 Å². The lowest BCUT2D eigenvalue weighted by molar-refractivity contribution is 0.533. The van der Waals surface area contributed by atoms with Crippen LogP contribution in [0.25, 0.3) is 0 Å². The molecule has 4 heteroatoms. The maximum absolute atomic E-state index is 6.24. The minimum Gasteiger partial charge on any atom is -0.323 e. The third kappa shape index (κ3) is 3.58. The Bertz CT molecular complexity index is 507. The quantitative estimate of drug-likeness (QED) is 0.877. The van der Waals surface area contributed by atoms with Crippen molar-refractivity contribution in [2.45, 2.75) is 38.8 Å². The van der Waals surface area contributed by atoms with Gasteiger partial charge in [-0.1, -0.05) is 41.9 Å². The second kappa shape index (κ2) is 6.73. The van der Waals surface area contributed by atoms with E-state index in [1.165, 1.54) is 5.56 Å². The highest BCUT2D eigenvalue weighted by molar-refractivity contribution is 6.31. The molecule has 0 bridgehead atoms. The average Bonchev–Trinajstić information content (AvgIpc) is 2.81. The number of halogens is 1. The van der Waals surface area contributed by atoms with Crippen LogP contribution in [0, 0.1) is 0 Å². The normalized spacial score (nSPS) is 12.6. The van der Waals surface area contributed by atoms with Crippen molar-refractivity contribution in [3.05, 3.63) is 52.8 Å². The Kier molecular flexibility index (Phi) is 5.00. The first-order valence-corrected chi connectivity index (χ1v) is 7.11. The summed E-state index contributed by atoms with van der Waals surface area (Å²) in [5.74, 6) is 0. The van der Waals surface area contributed by atoms with Crippen LogP contribution in [0.2, 0.25) is 5.02 Å². The maximum atomic E-state index is 6.24. The van der Waals surface area contributed by atoms with E-state index in [1.54, 1.807) is 6.20 Å². The van der Waals surface area contributed by atoms with Gasteiger partial charge < -0.3 is 5.73 Å². The number of aromatic nitrogens is 2. The monoisotopic (exact) mass is 277 g/mol. The topological polar surface area (TPSA) is 43.8 Å². The highest BCUT2D eigenvalue weighted by atomic mass is 35.5. The van der Waals surface area contributed by atoms with Gasteiger partial charge in [-0.3, -0.25) is 4.68 Å². The Morgan fingerprint density at radius 2 is 2.05 bits per heavy atom. The smallest absolute Gasteiger partial charge is 0.0834 e. The lowest BCUT2D eigenvalue weighted by Gasteiger charge is -2.14. The van der Waals surface area contributed by atoms with E-state index >= 15 is 0 Å². The first kappa shape index (κ1) is 14.1. The van der Waals surface area contributed by atoms with Crippen molar-refractivity contribution >= 4 is 11.6 Å². The molecular weight excluding hydrogens is 258 g/mol. The molecule has 3 nitrogen and oxygen atoms in total. The van der Waals surface area contributed by atoms with Gasteiger partial charge in [0.25, 0.3) is 0 Å². The van der Waals surface area contributed by atoms with Crippen LogP contribution in [0.4, 0.5) is 0 Å². The van der Waals surface area contributed by atoms with Gasteiger partial charge >= 0.3 is 0 Å². The summed E-state index contributed by atoms with van der Waals surface area (Å²) in [5, 5.41) is 4.90. The molecule has 19 heavy (non-hydrogen) atoms. The van der Waals surface area contributed by atoms with Crippen molar-refractivity contribution in [3.8, 4) is 0 Å². The standard InChI is InChI=1S/C15H20ClN3/c1-2-19-15(13(16)11-18-19)14(17)10-6-9-12-7-4-3-5-8-12/h3-5,7-8,11,14H,2,6,9-10,17H2,1H3. The zero-order valence-electron chi connectivity index (χ0n) is 11.2. The fourth-order valence-corrected chi connectivity index (χ4v) is 2.58. The first-order valence-electron chi connectivity index (χ1n) is 6.73. The third-order valence-electron chi connectivity index (χ3n) is 3.31. The van der Waals surface area contributed by atoms with Gasteiger partial charge in [0.05, 0.1) is 16.9 Å². The zero-order valence-corrected chi connectivity index (χ0v) is 12.0. The molecule has 2 N–H and O–H groups in total. The fraction of sp³-hybridized carbons (Fsp3) is 0.400. The largest absolute Gasteiger partial charge is 0.323 e. The van der Waals surface area contributed by atoms with E-state index < -0.39 is 0 Å². The van der Waals surface area contributed by atoms with Gasteiger partial charge in [-0.05, 0) is 31.7 Å². The number of benzene rings is 1. The predicted octanol–water partition coefficient (Wildman–Crippen LogP) is 3.58. The Morgan fingerprint density at radius 3 is 2.74 bits per heavy atom. The van der Waals surface area contributed by atoms with Crippen LogP contribution < -0.4 is 5.73 Å². The van der Waals surface area contributed by atoms with Crippen LogP contribution in [0.15, 0.2) is 36.5 Å². The Labute approximate surface area is 119 Å². The summed E-state index contributed by atoms with van der Waals surface area (Å²) in [4.78, 5) is 0. The number of hydrogen-bond acceptors (Lipinski definition) is 2. The molecule has 2 aromatic rings. The molecule has 1 heterocycles. The summed E-state index contributed by atoms with van der Waals surface area (Å²) in [7, 11) is 0. The second-order valence-electron chi connectivity index (χ2n) is 4.68. The second-order valence-corrected chi connectivity index (χ2v) is 5.09. The average molecular weight is 278 g/mol. The molecule has 0 aliphatic carbocycles. The lowest BCUT2D eigenvalue weighted by atomic mass is 10.0. The van der Waals surface area contributed by atoms with E-state index in [0.29, 0.717) is 5.02 Å². The number of aryl methyl sites for hydroxylation is 2. The molecule has 1 atom stereocenters. The summed E-state index contributed by atoms with van der Waals surface area (Å²) in [5.41, 5.74) is 8.54. The van der Waals surface area contributed by atoms with E-state index in [1.807, 2.05) is 17.7 Å². The molecule has 1 aromatic carbocycles. The summed E-state index contributed by atoms with van der Waals surface area (Å²) >= 11 is 6.15. The molecule has 1 unspecified atom stereocenters. The number of hydrogen-bond donors (Lipinski definition) is 1. The number of nitrogens with two attached hydrogens (primary N) is 1. The zero-order chi connectivity index (χ0) is 13.7. The molecule has 102 valence electrons. The molecule has 0 amide bonds. The Balaban J connectivity index is 1.91. The molecule has 0 spiro atoms. The van der Waals surface area contributed by atoms with E-state index in [0.717, 1.165) is 31.5 Å². The van der Waals surface area contributed by atoms with Crippen LogP contribution in [0.3, 0.4) is 0 Å². The number of nitrogens with zero attached hydrogens (tertiary/aromatic N) is 2. The van der Waals surface area contributed by atoms with Crippen LogP contribution >= 0.6 is 11.6 Å². The molecule has 2 rings (SSSR count). The van der Waals surface area contributed by atoms with E-state index in [-0.39, 0.29) is 6.04 Å². The molecular formula is C15H20ClN3. The van der Waals surface area contributed by atoms with E-state index in [9.17, 15) is 0 Å². The minimum absolute atomic E-state index is 0.0429. The first-order chi connectivity index (χ1) is 9.22. The molecule has 0 aliphatic rings. The molecule has 0 fully saturated rings. The predicted molar refractivity (Wildman–Crippen MR) is 79.2 cm³/mol. The highest BCUT2D eigenvalue weighted by Crippen LogP contribution is 2.24. The summed E-state index contributed by atoms with van der Waals surface area (Å²) in [6, 6.07) is 10.4. The van der Waals surface area contributed by atoms with Crippen molar-refractivity contribution < 1.29 is 0 Å². The van der Waals surface area contributed by atoms with Crippen molar-refractivity contribution in [1.82, 2.24) is 9.78 Å². The third-order valence-corrected chi connectivity index (χ3v) is 3.60. The SMILES string of the molecule is CCn1ncc(Cl)c1C(N)CCCc1ccccc1. The fourth-order valence-electron chi connectivity index (χ4n) is 2.30. The van der Waals surface area contributed by atoms with Crippen molar-refractivity contribution in [1.29, 1.82) is 0 Å². The number of rotatable bonds is 6. The minimum atomic E-state index is -0.0429. The summed E-state index contributed by atoms with van der Waals surface area (Å²) in [6.45, 7) is 2.85. The van der Waals surface area contributed by atoms with Crippen LogP contribution in [-0.4, -0.2) is 9.78 Å². The Hall–Kier alpha value is -1.32. The molecule has 0 radical (unpaired) electrons. The molecule has 0 aliphatic heterocycles. The van der Waals surface area contributed by atoms with Crippen LogP contribution in [0.1, 0.15) is 37.1 Å². The van der Waals surface area contributed by atoms with E-state index in [2.05, 4.69) is 29.4 Å². The van der Waals surface area contributed by atoms with Gasteiger partial charge in [-0.25, -0.2) is 0 Å².